The number of nitrogens with one attached hydrogen (secondary N) is 2. The molecule has 2 heterocycles. The molecular formula is C30H25BrN6O2S. The minimum Gasteiger partial charge on any atom is -0.366 e. The first kappa shape index (κ1) is 27.3. The number of pyridine rings is 1. The molecule has 0 unspecified atom stereocenters. The molecule has 0 spiro atoms. The highest BCUT2D eigenvalue weighted by Gasteiger charge is 2.15. The van der Waals surface area contributed by atoms with Crippen LogP contribution >= 0.6 is 27.7 Å². The zero-order chi connectivity index (χ0) is 28.2. The lowest BCUT2D eigenvalue weighted by atomic mass is 10.1. The maximum Gasteiger partial charge on any atom is 0.255 e. The van der Waals surface area contributed by atoms with E-state index in [1.807, 2.05) is 48.5 Å². The summed E-state index contributed by atoms with van der Waals surface area (Å²) in [5.41, 5.74) is 9.20. The van der Waals surface area contributed by atoms with Gasteiger partial charge in [0.05, 0.1) is 11.1 Å². The molecule has 200 valence electrons. The van der Waals surface area contributed by atoms with Crippen LogP contribution in [0.1, 0.15) is 46.2 Å². The maximum atomic E-state index is 13.2. The molecule has 0 bridgehead atoms. The Labute approximate surface area is 244 Å². The average Bonchev–Trinajstić information content (AvgIpc) is 2.94. The van der Waals surface area contributed by atoms with Crippen molar-refractivity contribution < 1.29 is 9.59 Å². The summed E-state index contributed by atoms with van der Waals surface area (Å²) in [5, 5.41) is 7.09. The van der Waals surface area contributed by atoms with Gasteiger partial charge in [0.2, 0.25) is 5.91 Å². The van der Waals surface area contributed by atoms with Crippen LogP contribution in [0.4, 0.5) is 17.2 Å². The molecule has 2 aromatic heterocycles. The molecule has 10 heteroatoms. The van der Waals surface area contributed by atoms with Crippen LogP contribution in [0.5, 0.6) is 0 Å². The fraction of sp³-hybridized carbons (Fsp3) is 0.100. The molecular weight excluding hydrogens is 588 g/mol. The zero-order valence-corrected chi connectivity index (χ0v) is 24.1. The molecule has 3 aromatic carbocycles. The summed E-state index contributed by atoms with van der Waals surface area (Å²) in [6.45, 7) is 4.16. The predicted molar refractivity (Wildman–Crippen MR) is 162 cm³/mol. The topological polar surface area (TPSA) is 123 Å². The van der Waals surface area contributed by atoms with E-state index in [9.17, 15) is 9.59 Å². The third-order valence-electron chi connectivity index (χ3n) is 6.03. The fourth-order valence-corrected chi connectivity index (χ4v) is 5.31. The molecule has 5 aromatic rings. The van der Waals surface area contributed by atoms with Crippen molar-refractivity contribution in [3.63, 3.8) is 0 Å². The molecule has 40 heavy (non-hydrogen) atoms. The Morgan fingerprint density at radius 1 is 0.925 bits per heavy atom. The number of fused-ring (bicyclic) bond motifs is 1. The second-order valence-electron chi connectivity index (χ2n) is 9.28. The van der Waals surface area contributed by atoms with Gasteiger partial charge in [-0.15, -0.1) is 0 Å². The van der Waals surface area contributed by atoms with Gasteiger partial charge >= 0.3 is 0 Å². The van der Waals surface area contributed by atoms with E-state index in [0.717, 1.165) is 25.3 Å². The summed E-state index contributed by atoms with van der Waals surface area (Å²) >= 11 is 4.87. The Hall–Kier alpha value is -4.28. The minimum atomic E-state index is -0.499. The van der Waals surface area contributed by atoms with E-state index < -0.39 is 5.91 Å². The highest BCUT2D eigenvalue weighted by atomic mass is 79.9. The summed E-state index contributed by atoms with van der Waals surface area (Å²) in [5.74, 6) is 0.0609. The van der Waals surface area contributed by atoms with Crippen molar-refractivity contribution in [2.45, 2.75) is 29.6 Å². The number of carbonyl (C=O) groups is 2. The van der Waals surface area contributed by atoms with Gasteiger partial charge in [0.15, 0.2) is 5.65 Å². The van der Waals surface area contributed by atoms with Crippen molar-refractivity contribution in [1.29, 1.82) is 0 Å². The van der Waals surface area contributed by atoms with Crippen molar-refractivity contribution >= 4 is 67.7 Å². The number of benzene rings is 3. The Morgan fingerprint density at radius 2 is 1.75 bits per heavy atom. The minimum absolute atomic E-state index is 0.260. The van der Waals surface area contributed by atoms with E-state index in [1.54, 1.807) is 30.3 Å². The quantitative estimate of drug-likeness (QED) is 0.170. The van der Waals surface area contributed by atoms with Crippen molar-refractivity contribution in [3.8, 4) is 0 Å². The Kier molecular flexibility index (Phi) is 8.09. The van der Waals surface area contributed by atoms with Gasteiger partial charge in [0, 0.05) is 36.8 Å². The van der Waals surface area contributed by atoms with Gasteiger partial charge < -0.3 is 16.4 Å². The first-order valence-electron chi connectivity index (χ1n) is 12.4. The summed E-state index contributed by atoms with van der Waals surface area (Å²) in [4.78, 5) is 40.1. The number of nitrogens with two attached hydrogens (primary N) is 1. The number of hydrogen-bond donors (Lipinski definition) is 3. The molecule has 2 amide bonds. The SMILES string of the molecule is CC(C)c1ccc2c(Nc3cc(C(=O)Nc4cccc(Br)c4)ccc3Sc3cccc(C(N)=O)c3)ncnc2n1. The number of carbonyl (C=O) groups excluding carboxylic acids is 2. The van der Waals surface area contributed by atoms with Crippen LogP contribution in [0.3, 0.4) is 0 Å². The highest BCUT2D eigenvalue weighted by molar-refractivity contribution is 9.10. The fourth-order valence-electron chi connectivity index (χ4n) is 3.97. The number of rotatable bonds is 8. The van der Waals surface area contributed by atoms with Crippen LogP contribution in [-0.2, 0) is 0 Å². The van der Waals surface area contributed by atoms with Gasteiger partial charge in [-0.2, -0.15) is 0 Å². The van der Waals surface area contributed by atoms with Gasteiger partial charge in [-0.1, -0.05) is 53.7 Å². The largest absolute Gasteiger partial charge is 0.366 e. The van der Waals surface area contributed by atoms with Crippen LogP contribution < -0.4 is 16.4 Å². The number of nitrogens with zero attached hydrogens (tertiary/aromatic N) is 3. The van der Waals surface area contributed by atoms with E-state index in [-0.39, 0.29) is 11.8 Å². The monoisotopic (exact) mass is 612 g/mol. The van der Waals surface area contributed by atoms with Crippen LogP contribution in [0.2, 0.25) is 0 Å². The third kappa shape index (κ3) is 6.30. The second kappa shape index (κ2) is 11.8. The van der Waals surface area contributed by atoms with Crippen LogP contribution in [0, 0.1) is 0 Å². The molecule has 4 N–H and O–H groups in total. The average molecular weight is 614 g/mol. The van der Waals surface area contributed by atoms with Crippen molar-refractivity contribution in [2.24, 2.45) is 5.73 Å². The lowest BCUT2D eigenvalue weighted by Crippen LogP contribution is -2.12. The first-order chi connectivity index (χ1) is 19.3. The van der Waals surface area contributed by atoms with E-state index in [0.29, 0.717) is 34.0 Å². The lowest BCUT2D eigenvalue weighted by molar-refractivity contribution is 0.0997. The van der Waals surface area contributed by atoms with Crippen molar-refractivity contribution in [3.05, 3.63) is 106 Å². The van der Waals surface area contributed by atoms with E-state index >= 15 is 0 Å². The first-order valence-corrected chi connectivity index (χ1v) is 14.0. The van der Waals surface area contributed by atoms with Crippen molar-refractivity contribution in [2.75, 3.05) is 10.6 Å². The Bertz CT molecular complexity index is 1740. The number of hydrogen-bond acceptors (Lipinski definition) is 7. The molecule has 0 saturated carbocycles. The van der Waals surface area contributed by atoms with Gasteiger partial charge in [-0.25, -0.2) is 15.0 Å². The highest BCUT2D eigenvalue weighted by Crippen LogP contribution is 2.37. The number of aromatic nitrogens is 3. The van der Waals surface area contributed by atoms with Gasteiger partial charge in [-0.3, -0.25) is 9.59 Å². The van der Waals surface area contributed by atoms with E-state index in [2.05, 4.69) is 55.4 Å². The molecule has 0 fully saturated rings. The molecule has 0 aliphatic carbocycles. The molecule has 0 aliphatic heterocycles. The van der Waals surface area contributed by atoms with E-state index in [1.165, 1.54) is 18.1 Å². The number of anilines is 3. The standard InChI is InChI=1S/C30H25BrN6O2S/c1-17(2)24-11-10-23-28(36-24)33-16-34-29(23)37-25-14-19(30(39)35-21-7-4-6-20(31)15-21)9-12-26(25)40-22-8-3-5-18(13-22)27(32)38/h3-17H,1-2H3,(H2,32,38)(H,35,39)(H,33,34,36,37). The second-order valence-corrected chi connectivity index (χ2v) is 11.3. The zero-order valence-electron chi connectivity index (χ0n) is 21.7. The van der Waals surface area contributed by atoms with Crippen molar-refractivity contribution in [1.82, 2.24) is 15.0 Å². The Balaban J connectivity index is 1.53. The summed E-state index contributed by atoms with van der Waals surface area (Å²) in [6.07, 6.45) is 1.47. The smallest absolute Gasteiger partial charge is 0.255 e. The summed E-state index contributed by atoms with van der Waals surface area (Å²) in [7, 11) is 0. The van der Waals surface area contributed by atoms with E-state index in [4.69, 9.17) is 5.73 Å². The van der Waals surface area contributed by atoms with Crippen LogP contribution in [0.25, 0.3) is 11.0 Å². The lowest BCUT2D eigenvalue weighted by Gasteiger charge is -2.15. The predicted octanol–water partition coefficient (Wildman–Crippen LogP) is 7.16. The normalized spacial score (nSPS) is 11.0. The third-order valence-corrected chi connectivity index (χ3v) is 7.59. The number of primary amides is 1. The van der Waals surface area contributed by atoms with Crippen LogP contribution in [-0.4, -0.2) is 26.8 Å². The molecule has 0 saturated heterocycles. The molecule has 5 rings (SSSR count). The van der Waals surface area contributed by atoms with Gasteiger partial charge in [0.1, 0.15) is 12.1 Å². The van der Waals surface area contributed by atoms with Gasteiger partial charge in [0.25, 0.3) is 5.91 Å². The van der Waals surface area contributed by atoms with Gasteiger partial charge in [-0.05, 0) is 72.6 Å². The molecule has 8 nitrogen and oxygen atoms in total. The number of amides is 2. The number of halogens is 1. The van der Waals surface area contributed by atoms with Crippen LogP contribution in [0.15, 0.2) is 99.5 Å². The molecule has 0 radical (unpaired) electrons. The molecule has 0 aliphatic rings. The summed E-state index contributed by atoms with van der Waals surface area (Å²) < 4.78 is 0.863. The molecule has 0 atom stereocenters. The maximum absolute atomic E-state index is 13.2. The summed E-state index contributed by atoms with van der Waals surface area (Å²) in [6, 6.07) is 23.8. The Morgan fingerprint density at radius 3 is 2.52 bits per heavy atom.